The number of likely N-dealkylation sites (tertiary alicyclic amines) is 1. The summed E-state index contributed by atoms with van der Waals surface area (Å²) in [4.78, 5) is 27.0. The lowest BCUT2D eigenvalue weighted by atomic mass is 10.1. The molecule has 2 aromatic heterocycles. The minimum absolute atomic E-state index is 0.0140. The Labute approximate surface area is 179 Å². The fourth-order valence-electron chi connectivity index (χ4n) is 3.84. The third kappa shape index (κ3) is 4.19. The number of fused-ring (bicyclic) bond motifs is 1. The molecule has 4 rings (SSSR count). The summed E-state index contributed by atoms with van der Waals surface area (Å²) in [6, 6.07) is 5.31. The summed E-state index contributed by atoms with van der Waals surface area (Å²) < 4.78 is 55.6. The van der Waals surface area contributed by atoms with Gasteiger partial charge in [0.2, 0.25) is 5.91 Å². The van der Waals surface area contributed by atoms with E-state index in [2.05, 4.69) is 0 Å². The highest BCUT2D eigenvalue weighted by atomic mass is 35.5. The van der Waals surface area contributed by atoms with Gasteiger partial charge in [-0.05, 0) is 30.2 Å². The molecular formula is C21H18ClF4N3O2. The van der Waals surface area contributed by atoms with Crippen LogP contribution >= 0.6 is 11.6 Å². The molecular weight excluding hydrogens is 438 g/mol. The smallest absolute Gasteiger partial charge is 0.261 e. The molecule has 3 aromatic rings. The van der Waals surface area contributed by atoms with E-state index in [0.717, 1.165) is 10.6 Å². The predicted molar refractivity (Wildman–Crippen MR) is 109 cm³/mol. The molecule has 0 bridgehead atoms. The molecule has 10 heteroatoms. The van der Waals surface area contributed by atoms with Gasteiger partial charge in [0.1, 0.15) is 18.5 Å². The van der Waals surface area contributed by atoms with Crippen molar-refractivity contribution in [3.05, 3.63) is 57.9 Å². The lowest BCUT2D eigenvalue weighted by Gasteiger charge is -2.16. The number of hydrogen-bond donors (Lipinski definition) is 0. The standard InChI is InChI=1S/C21H18ClF4N3O2/c22-15-7-12(1-2-16(15)24)14-9-29(10-18(25)26)17-4-6-28(21(31)20(14)17)11-19(30)27-5-3-13(23)8-27/h1-2,4,6-7,9,13,18H,3,5,8,10-11H2. The minimum atomic E-state index is -2.66. The molecule has 5 nitrogen and oxygen atoms in total. The van der Waals surface area contributed by atoms with E-state index in [9.17, 15) is 27.2 Å². The highest BCUT2D eigenvalue weighted by Crippen LogP contribution is 2.31. The number of carbonyl (C=O) groups excluding carboxylic acids is 1. The number of carbonyl (C=O) groups is 1. The highest BCUT2D eigenvalue weighted by molar-refractivity contribution is 6.31. The largest absolute Gasteiger partial charge is 0.341 e. The van der Waals surface area contributed by atoms with Gasteiger partial charge in [-0.2, -0.15) is 0 Å². The lowest BCUT2D eigenvalue weighted by Crippen LogP contribution is -2.35. The summed E-state index contributed by atoms with van der Waals surface area (Å²) in [5.74, 6) is -1.05. The molecule has 0 aliphatic carbocycles. The maximum Gasteiger partial charge on any atom is 0.261 e. The molecule has 1 aliphatic heterocycles. The van der Waals surface area contributed by atoms with E-state index in [0.29, 0.717) is 11.1 Å². The van der Waals surface area contributed by atoms with Crippen molar-refractivity contribution in [2.75, 3.05) is 13.1 Å². The first kappa shape index (κ1) is 21.4. The zero-order valence-electron chi connectivity index (χ0n) is 16.2. The van der Waals surface area contributed by atoms with Crippen molar-refractivity contribution in [3.63, 3.8) is 0 Å². The van der Waals surface area contributed by atoms with Crippen LogP contribution in [-0.2, 0) is 17.9 Å². The second-order valence-electron chi connectivity index (χ2n) is 7.45. The van der Waals surface area contributed by atoms with Gasteiger partial charge < -0.3 is 14.0 Å². The molecule has 1 unspecified atom stereocenters. The summed E-state index contributed by atoms with van der Waals surface area (Å²) in [5, 5.41) is -0.0584. The summed E-state index contributed by atoms with van der Waals surface area (Å²) in [6.45, 7) is -0.675. The molecule has 3 heterocycles. The van der Waals surface area contributed by atoms with Gasteiger partial charge in [-0.3, -0.25) is 9.59 Å². The second-order valence-corrected chi connectivity index (χ2v) is 7.86. The third-order valence-corrected chi connectivity index (χ3v) is 5.65. The minimum Gasteiger partial charge on any atom is -0.341 e. The van der Waals surface area contributed by atoms with Crippen LogP contribution in [-0.4, -0.2) is 45.6 Å². The summed E-state index contributed by atoms with van der Waals surface area (Å²) in [5.41, 5.74) is 0.375. The van der Waals surface area contributed by atoms with E-state index in [-0.39, 0.29) is 42.0 Å². The van der Waals surface area contributed by atoms with Gasteiger partial charge in [0.25, 0.3) is 12.0 Å². The SMILES string of the molecule is O=C(Cn1ccc2c(c(-c3ccc(F)c(Cl)c3)cn2CC(F)F)c1=O)N1CCC(F)C1. The second kappa shape index (κ2) is 8.37. The average Bonchev–Trinajstić information content (AvgIpc) is 3.30. The van der Waals surface area contributed by atoms with Gasteiger partial charge in [0.15, 0.2) is 0 Å². The summed E-state index contributed by atoms with van der Waals surface area (Å²) >= 11 is 5.86. The van der Waals surface area contributed by atoms with E-state index < -0.39 is 36.4 Å². The van der Waals surface area contributed by atoms with E-state index in [1.54, 1.807) is 0 Å². The van der Waals surface area contributed by atoms with Crippen LogP contribution < -0.4 is 5.56 Å². The highest BCUT2D eigenvalue weighted by Gasteiger charge is 2.26. The molecule has 164 valence electrons. The fraction of sp³-hybridized carbons (Fsp3) is 0.333. The quantitative estimate of drug-likeness (QED) is 0.544. The Hall–Kier alpha value is -2.81. The van der Waals surface area contributed by atoms with Gasteiger partial charge in [0.05, 0.1) is 29.0 Å². The number of rotatable bonds is 5. The van der Waals surface area contributed by atoms with E-state index in [1.807, 2.05) is 0 Å². The molecule has 31 heavy (non-hydrogen) atoms. The van der Waals surface area contributed by atoms with Crippen molar-refractivity contribution in [2.24, 2.45) is 0 Å². The molecule has 0 spiro atoms. The predicted octanol–water partition coefficient (Wildman–Crippen LogP) is 4.10. The number of amides is 1. The van der Waals surface area contributed by atoms with Gasteiger partial charge >= 0.3 is 0 Å². The molecule has 1 saturated heterocycles. The van der Waals surface area contributed by atoms with Gasteiger partial charge in [-0.15, -0.1) is 0 Å². The average molecular weight is 456 g/mol. The van der Waals surface area contributed by atoms with Crippen LogP contribution in [0.1, 0.15) is 6.42 Å². The van der Waals surface area contributed by atoms with Crippen LogP contribution in [0, 0.1) is 5.82 Å². The molecule has 0 N–H and O–H groups in total. The molecule has 1 aromatic carbocycles. The maximum atomic E-state index is 13.6. The van der Waals surface area contributed by atoms with Crippen LogP contribution in [0.4, 0.5) is 17.6 Å². The van der Waals surface area contributed by atoms with Crippen molar-refractivity contribution in [2.45, 2.75) is 32.1 Å². The van der Waals surface area contributed by atoms with Crippen molar-refractivity contribution in [1.82, 2.24) is 14.0 Å². The van der Waals surface area contributed by atoms with Gasteiger partial charge in [0, 0.05) is 24.5 Å². The van der Waals surface area contributed by atoms with Crippen LogP contribution in [0.5, 0.6) is 0 Å². The Morgan fingerprint density at radius 2 is 2.00 bits per heavy atom. The van der Waals surface area contributed by atoms with E-state index in [4.69, 9.17) is 11.6 Å². The summed E-state index contributed by atoms with van der Waals surface area (Å²) in [7, 11) is 0. The number of benzene rings is 1. The first-order chi connectivity index (χ1) is 14.7. The van der Waals surface area contributed by atoms with Gasteiger partial charge in [-0.1, -0.05) is 17.7 Å². The molecule has 1 aliphatic rings. The fourth-order valence-corrected chi connectivity index (χ4v) is 4.02. The van der Waals surface area contributed by atoms with E-state index in [1.165, 1.54) is 40.1 Å². The van der Waals surface area contributed by atoms with Crippen LogP contribution in [0.2, 0.25) is 5.02 Å². The van der Waals surface area contributed by atoms with Crippen molar-refractivity contribution in [3.8, 4) is 11.1 Å². The van der Waals surface area contributed by atoms with E-state index >= 15 is 0 Å². The molecule has 1 atom stereocenters. The number of hydrogen-bond acceptors (Lipinski definition) is 2. The Balaban J connectivity index is 1.80. The van der Waals surface area contributed by atoms with Crippen LogP contribution in [0.15, 0.2) is 41.5 Å². The summed E-state index contributed by atoms with van der Waals surface area (Å²) in [6.07, 6.45) is -0.739. The lowest BCUT2D eigenvalue weighted by molar-refractivity contribution is -0.131. The number of aromatic nitrogens is 2. The Morgan fingerprint density at radius 3 is 2.65 bits per heavy atom. The first-order valence-corrected chi connectivity index (χ1v) is 10.00. The Bertz CT molecular complexity index is 1210. The number of pyridine rings is 1. The number of nitrogens with zero attached hydrogens (tertiary/aromatic N) is 3. The number of alkyl halides is 3. The molecule has 1 amide bonds. The Kier molecular flexibility index (Phi) is 5.79. The maximum absolute atomic E-state index is 13.6. The molecule has 1 fully saturated rings. The topological polar surface area (TPSA) is 47.2 Å². The molecule has 0 radical (unpaired) electrons. The van der Waals surface area contributed by atoms with Crippen LogP contribution in [0.25, 0.3) is 22.0 Å². The molecule has 0 saturated carbocycles. The monoisotopic (exact) mass is 455 g/mol. The number of halogens is 5. The van der Waals surface area contributed by atoms with Crippen LogP contribution in [0.3, 0.4) is 0 Å². The van der Waals surface area contributed by atoms with Crippen molar-refractivity contribution >= 4 is 28.4 Å². The van der Waals surface area contributed by atoms with Crippen molar-refractivity contribution < 1.29 is 22.4 Å². The normalized spacial score (nSPS) is 16.6. The zero-order chi connectivity index (χ0) is 22.3. The van der Waals surface area contributed by atoms with Gasteiger partial charge in [-0.25, -0.2) is 17.6 Å². The van der Waals surface area contributed by atoms with Crippen molar-refractivity contribution in [1.29, 1.82) is 0 Å². The zero-order valence-corrected chi connectivity index (χ0v) is 17.0. The third-order valence-electron chi connectivity index (χ3n) is 5.36. The Morgan fingerprint density at radius 1 is 1.23 bits per heavy atom. The first-order valence-electron chi connectivity index (χ1n) is 9.62.